The number of esters is 2. The lowest BCUT2D eigenvalue weighted by Crippen LogP contribution is -2.32. The number of benzene rings is 1. The second-order valence-corrected chi connectivity index (χ2v) is 6.09. The number of alkyl halides is 3. The predicted molar refractivity (Wildman–Crippen MR) is 84.9 cm³/mol. The first-order valence-electron chi connectivity index (χ1n) is 8.08. The molecule has 0 aromatic heterocycles. The second kappa shape index (κ2) is 7.61. The van der Waals surface area contributed by atoms with Crippen molar-refractivity contribution < 1.29 is 41.0 Å². The molecule has 10 heteroatoms. The van der Waals surface area contributed by atoms with Crippen LogP contribution in [-0.2, 0) is 25.5 Å². The van der Waals surface area contributed by atoms with E-state index < -0.39 is 65.7 Å². The third kappa shape index (κ3) is 3.34. The van der Waals surface area contributed by atoms with Crippen LogP contribution in [0.3, 0.4) is 0 Å². The second-order valence-electron chi connectivity index (χ2n) is 6.09. The summed E-state index contributed by atoms with van der Waals surface area (Å²) in [5, 5.41) is 2.55. The molecule has 0 spiro atoms. The highest BCUT2D eigenvalue weighted by atomic mass is 19.3. The van der Waals surface area contributed by atoms with E-state index in [0.717, 1.165) is 13.2 Å². The zero-order valence-corrected chi connectivity index (χ0v) is 14.5. The van der Waals surface area contributed by atoms with Gasteiger partial charge in [-0.2, -0.15) is 0 Å². The standard InChI is InChI=1S/C18H14F5NO4/c1-27-17(25)15-11(5-19)24-12-6-28-18(26)16(12)14(15)9-2-7(20)3-10(21)8(9)4-13(22)23/h2-3,13-14,24H,4-6H2,1H3. The van der Waals surface area contributed by atoms with E-state index in [-0.39, 0.29) is 23.6 Å². The predicted octanol–water partition coefficient (Wildman–Crippen LogP) is 2.67. The fraction of sp³-hybridized carbons (Fsp3) is 0.333. The fourth-order valence-corrected chi connectivity index (χ4v) is 3.40. The van der Waals surface area contributed by atoms with E-state index in [1.165, 1.54) is 0 Å². The number of hydrogen-bond acceptors (Lipinski definition) is 5. The average Bonchev–Trinajstić information content (AvgIpc) is 3.02. The summed E-state index contributed by atoms with van der Waals surface area (Å²) in [5.74, 6) is -5.90. The highest BCUT2D eigenvalue weighted by molar-refractivity contribution is 6.01. The van der Waals surface area contributed by atoms with E-state index in [9.17, 15) is 31.5 Å². The highest BCUT2D eigenvalue weighted by Crippen LogP contribution is 2.43. The summed E-state index contributed by atoms with van der Waals surface area (Å²) >= 11 is 0. The molecule has 1 unspecified atom stereocenters. The SMILES string of the molecule is COC(=O)C1=C(CF)NC2=C(C(=O)OC2)C1c1cc(F)cc(F)c1CC(F)F. The van der Waals surface area contributed by atoms with Crippen LogP contribution in [0.25, 0.3) is 0 Å². The van der Waals surface area contributed by atoms with Gasteiger partial charge in [0, 0.05) is 12.5 Å². The third-order valence-corrected chi connectivity index (χ3v) is 4.50. The molecule has 0 bridgehead atoms. The Balaban J connectivity index is 2.31. The van der Waals surface area contributed by atoms with E-state index in [4.69, 9.17) is 4.74 Å². The minimum atomic E-state index is -2.99. The van der Waals surface area contributed by atoms with Crippen molar-refractivity contribution in [2.24, 2.45) is 0 Å². The molecule has 0 aliphatic carbocycles. The number of ether oxygens (including phenoxy) is 2. The Morgan fingerprint density at radius 2 is 2.07 bits per heavy atom. The van der Waals surface area contributed by atoms with Crippen LogP contribution >= 0.6 is 0 Å². The van der Waals surface area contributed by atoms with Crippen LogP contribution in [-0.4, -0.2) is 38.8 Å². The van der Waals surface area contributed by atoms with Gasteiger partial charge in [-0.05, 0) is 17.2 Å². The molecule has 2 aliphatic heterocycles. The average molecular weight is 403 g/mol. The summed E-state index contributed by atoms with van der Waals surface area (Å²) in [5.41, 5.74) is -1.85. The van der Waals surface area contributed by atoms with Crippen molar-refractivity contribution in [3.63, 3.8) is 0 Å². The van der Waals surface area contributed by atoms with Gasteiger partial charge in [0.05, 0.1) is 35.6 Å². The molecule has 1 N–H and O–H groups in total. The maximum atomic E-state index is 14.3. The minimum absolute atomic E-state index is 0.0861. The Bertz CT molecular complexity index is 909. The summed E-state index contributed by atoms with van der Waals surface area (Å²) < 4.78 is 77.4. The van der Waals surface area contributed by atoms with Gasteiger partial charge in [-0.25, -0.2) is 31.5 Å². The number of halogens is 5. The van der Waals surface area contributed by atoms with Crippen LogP contribution in [0.1, 0.15) is 17.0 Å². The van der Waals surface area contributed by atoms with Crippen molar-refractivity contribution in [2.45, 2.75) is 18.8 Å². The number of methoxy groups -OCH3 is 1. The zero-order valence-electron chi connectivity index (χ0n) is 14.5. The van der Waals surface area contributed by atoms with Crippen LogP contribution in [0.15, 0.2) is 34.7 Å². The van der Waals surface area contributed by atoms with Gasteiger partial charge in [0.25, 0.3) is 0 Å². The summed E-state index contributed by atoms with van der Waals surface area (Å²) in [6, 6.07) is 1.16. The molecule has 0 saturated carbocycles. The van der Waals surface area contributed by atoms with Gasteiger partial charge in [0.2, 0.25) is 6.43 Å². The van der Waals surface area contributed by atoms with Crippen LogP contribution in [0, 0.1) is 11.6 Å². The Labute approximate surface area is 155 Å². The molecule has 1 aromatic carbocycles. The molecule has 0 saturated heterocycles. The first kappa shape index (κ1) is 19.8. The monoisotopic (exact) mass is 403 g/mol. The molecular formula is C18H14F5NO4. The minimum Gasteiger partial charge on any atom is -0.466 e. The molecule has 2 heterocycles. The van der Waals surface area contributed by atoms with E-state index >= 15 is 0 Å². The van der Waals surface area contributed by atoms with E-state index in [1.807, 2.05) is 0 Å². The fourth-order valence-electron chi connectivity index (χ4n) is 3.40. The molecule has 5 nitrogen and oxygen atoms in total. The highest BCUT2D eigenvalue weighted by Gasteiger charge is 2.44. The van der Waals surface area contributed by atoms with E-state index in [1.54, 1.807) is 0 Å². The van der Waals surface area contributed by atoms with Crippen LogP contribution < -0.4 is 5.32 Å². The van der Waals surface area contributed by atoms with Gasteiger partial charge in [-0.3, -0.25) is 0 Å². The van der Waals surface area contributed by atoms with Crippen LogP contribution in [0.4, 0.5) is 22.0 Å². The number of rotatable bonds is 5. The van der Waals surface area contributed by atoms with Gasteiger partial charge >= 0.3 is 11.9 Å². The Morgan fingerprint density at radius 3 is 2.68 bits per heavy atom. The molecule has 2 aliphatic rings. The molecule has 1 atom stereocenters. The Morgan fingerprint density at radius 1 is 1.36 bits per heavy atom. The van der Waals surface area contributed by atoms with Crippen molar-refractivity contribution in [2.75, 3.05) is 20.4 Å². The summed E-state index contributed by atoms with van der Waals surface area (Å²) in [6.07, 6.45) is -4.08. The molecule has 3 rings (SSSR count). The molecule has 1 aromatic rings. The van der Waals surface area contributed by atoms with Gasteiger partial charge in [0.1, 0.15) is 24.9 Å². The lowest BCUT2D eigenvalue weighted by Gasteiger charge is -2.29. The number of dihydropyridines is 1. The summed E-state index contributed by atoms with van der Waals surface area (Å²) in [6.45, 7) is -1.49. The molecule has 0 amide bonds. The number of nitrogens with one attached hydrogen (secondary N) is 1. The molecule has 28 heavy (non-hydrogen) atoms. The summed E-state index contributed by atoms with van der Waals surface area (Å²) in [4.78, 5) is 24.5. The third-order valence-electron chi connectivity index (χ3n) is 4.50. The Kier molecular flexibility index (Phi) is 5.39. The van der Waals surface area contributed by atoms with Crippen molar-refractivity contribution >= 4 is 11.9 Å². The van der Waals surface area contributed by atoms with Gasteiger partial charge in [-0.15, -0.1) is 0 Å². The molecular weight excluding hydrogens is 389 g/mol. The molecule has 0 radical (unpaired) electrons. The molecule has 150 valence electrons. The lowest BCUT2D eigenvalue weighted by atomic mass is 9.78. The van der Waals surface area contributed by atoms with E-state index in [2.05, 4.69) is 10.1 Å². The van der Waals surface area contributed by atoms with Crippen molar-refractivity contribution in [1.82, 2.24) is 5.32 Å². The topological polar surface area (TPSA) is 64.6 Å². The maximum Gasteiger partial charge on any atom is 0.337 e. The largest absolute Gasteiger partial charge is 0.466 e. The molecule has 0 fully saturated rings. The van der Waals surface area contributed by atoms with Crippen molar-refractivity contribution in [1.29, 1.82) is 0 Å². The van der Waals surface area contributed by atoms with E-state index in [0.29, 0.717) is 6.07 Å². The van der Waals surface area contributed by atoms with Crippen molar-refractivity contribution in [3.05, 3.63) is 57.4 Å². The quantitative estimate of drug-likeness (QED) is 0.605. The zero-order chi connectivity index (χ0) is 20.6. The van der Waals surface area contributed by atoms with Gasteiger partial charge < -0.3 is 14.8 Å². The smallest absolute Gasteiger partial charge is 0.337 e. The summed E-state index contributed by atoms with van der Waals surface area (Å²) in [7, 11) is 0.991. The van der Waals surface area contributed by atoms with Crippen LogP contribution in [0.2, 0.25) is 0 Å². The van der Waals surface area contributed by atoms with Crippen molar-refractivity contribution in [3.8, 4) is 0 Å². The first-order chi connectivity index (χ1) is 13.3. The number of allylic oxidation sites excluding steroid dienone is 1. The van der Waals surface area contributed by atoms with Gasteiger partial charge in [0.15, 0.2) is 0 Å². The number of cyclic esters (lactones) is 1. The number of carbonyl (C=O) groups is 2. The normalized spacial score (nSPS) is 19.0. The number of hydrogen-bond donors (Lipinski definition) is 1. The number of carbonyl (C=O) groups excluding carboxylic acids is 2. The van der Waals surface area contributed by atoms with Crippen LogP contribution in [0.5, 0.6) is 0 Å². The lowest BCUT2D eigenvalue weighted by molar-refractivity contribution is -0.136. The van der Waals surface area contributed by atoms with Gasteiger partial charge in [-0.1, -0.05) is 0 Å². The Hall–Kier alpha value is -2.91. The maximum absolute atomic E-state index is 14.3. The first-order valence-corrected chi connectivity index (χ1v) is 8.08.